The fraction of sp³-hybridized carbons (Fsp3) is 0.188. The van der Waals surface area contributed by atoms with E-state index in [4.69, 9.17) is 16.6 Å². The summed E-state index contributed by atoms with van der Waals surface area (Å²) in [6, 6.07) is 33.2. The van der Waals surface area contributed by atoms with Crippen molar-refractivity contribution in [3.8, 4) is 0 Å². The van der Waals surface area contributed by atoms with E-state index in [1.807, 2.05) is 103 Å². The molecule has 0 unspecified atom stereocenters. The van der Waals surface area contributed by atoms with E-state index < -0.39 is 6.10 Å². The normalized spacial score (nSPS) is 11.4. The Balaban J connectivity index is 0.00000231. The van der Waals surface area contributed by atoms with Crippen molar-refractivity contribution in [1.29, 1.82) is 0 Å². The van der Waals surface area contributed by atoms with Crippen LogP contribution in [0.5, 0.6) is 0 Å². The summed E-state index contributed by atoms with van der Waals surface area (Å²) in [4.78, 5) is 17.7. The zero-order valence-corrected chi connectivity index (χ0v) is 24.8. The quantitative estimate of drug-likeness (QED) is 0.147. The number of carbonyl (C=O) groups excluding carboxylic acids is 1. The topological polar surface area (TPSA) is 79.2 Å². The number of para-hydroxylation sites is 2. The van der Waals surface area contributed by atoms with Crippen LogP contribution in [0.15, 0.2) is 103 Å². The third-order valence-electron chi connectivity index (χ3n) is 6.66. The first-order chi connectivity index (χ1) is 19.0. The number of amides is 1. The lowest BCUT2D eigenvalue weighted by atomic mass is 10.1. The van der Waals surface area contributed by atoms with Gasteiger partial charge in [0.25, 0.3) is 0 Å². The molecule has 1 atom stereocenters. The highest BCUT2D eigenvalue weighted by atomic mass is 35.5. The van der Waals surface area contributed by atoms with Crippen molar-refractivity contribution in [1.82, 2.24) is 14.9 Å². The van der Waals surface area contributed by atoms with Gasteiger partial charge in [-0.15, -0.1) is 24.8 Å². The van der Waals surface area contributed by atoms with Crippen LogP contribution in [0.4, 0.5) is 5.69 Å². The van der Waals surface area contributed by atoms with Crippen molar-refractivity contribution in [3.63, 3.8) is 0 Å². The molecule has 1 heterocycles. The van der Waals surface area contributed by atoms with Gasteiger partial charge in [0.15, 0.2) is 0 Å². The van der Waals surface area contributed by atoms with Crippen LogP contribution in [0.25, 0.3) is 11.0 Å². The Kier molecular flexibility index (Phi) is 12.2. The number of halogens is 3. The molecule has 0 radical (unpaired) electrons. The summed E-state index contributed by atoms with van der Waals surface area (Å²) in [6.07, 6.45) is 0.463. The summed E-state index contributed by atoms with van der Waals surface area (Å²) in [7, 11) is 0. The molecule has 0 spiro atoms. The average Bonchev–Trinajstić information content (AvgIpc) is 3.30. The maximum absolute atomic E-state index is 13.0. The van der Waals surface area contributed by atoms with Gasteiger partial charge in [-0.05, 0) is 66.1 Å². The molecular formula is C32H33Cl3N4O2. The number of hydrogen-bond acceptors (Lipinski definition) is 4. The molecule has 0 fully saturated rings. The first kappa shape index (κ1) is 32.1. The number of aromatic nitrogens is 2. The number of nitrogens with one attached hydrogen (secondary N) is 2. The molecule has 0 bridgehead atoms. The van der Waals surface area contributed by atoms with Crippen molar-refractivity contribution >= 4 is 59.0 Å². The second kappa shape index (κ2) is 15.6. The minimum Gasteiger partial charge on any atom is -0.387 e. The Bertz CT molecular complexity index is 1520. The number of anilines is 1. The summed E-state index contributed by atoms with van der Waals surface area (Å²) >= 11 is 6.06. The number of imidazole rings is 1. The molecule has 0 aliphatic rings. The van der Waals surface area contributed by atoms with Gasteiger partial charge in [0.1, 0.15) is 5.82 Å². The van der Waals surface area contributed by atoms with Crippen LogP contribution in [0.3, 0.4) is 0 Å². The molecule has 4 aromatic carbocycles. The van der Waals surface area contributed by atoms with E-state index in [1.54, 1.807) is 0 Å². The lowest BCUT2D eigenvalue weighted by Crippen LogP contribution is -2.23. The predicted octanol–water partition coefficient (Wildman–Crippen LogP) is 6.63. The Morgan fingerprint density at radius 1 is 0.854 bits per heavy atom. The third kappa shape index (κ3) is 8.80. The summed E-state index contributed by atoms with van der Waals surface area (Å²) in [5.74, 6) is 0.594. The van der Waals surface area contributed by atoms with Crippen LogP contribution in [-0.4, -0.2) is 33.7 Å². The fourth-order valence-electron chi connectivity index (χ4n) is 4.58. The SMILES string of the molecule is Cl.Cl.O=C(Cc1nc2ccccc2n1Cc1ccc(Cl)cc1)Nc1ccc(CCNC[C@H](O)c2ccccc2)cc1. The number of fused-ring (bicyclic) bond motifs is 1. The van der Waals surface area contributed by atoms with Crippen molar-refractivity contribution in [2.45, 2.75) is 25.5 Å². The minimum atomic E-state index is -0.525. The molecule has 1 aromatic heterocycles. The second-order valence-corrected chi connectivity index (χ2v) is 9.97. The fourth-order valence-corrected chi connectivity index (χ4v) is 4.70. The van der Waals surface area contributed by atoms with Gasteiger partial charge in [0, 0.05) is 23.8 Å². The van der Waals surface area contributed by atoms with E-state index in [9.17, 15) is 9.90 Å². The average molecular weight is 612 g/mol. The largest absolute Gasteiger partial charge is 0.387 e. The van der Waals surface area contributed by atoms with Crippen molar-refractivity contribution in [3.05, 3.63) is 131 Å². The Morgan fingerprint density at radius 2 is 1.51 bits per heavy atom. The van der Waals surface area contributed by atoms with Gasteiger partial charge in [0.05, 0.1) is 23.6 Å². The van der Waals surface area contributed by atoms with Crippen LogP contribution >= 0.6 is 36.4 Å². The van der Waals surface area contributed by atoms with Gasteiger partial charge in [0.2, 0.25) is 5.91 Å². The molecule has 214 valence electrons. The lowest BCUT2D eigenvalue weighted by Gasteiger charge is -2.12. The number of rotatable bonds is 11. The highest BCUT2D eigenvalue weighted by Crippen LogP contribution is 2.20. The van der Waals surface area contributed by atoms with Crippen LogP contribution in [0, 0.1) is 0 Å². The molecule has 5 rings (SSSR count). The Labute approximate surface area is 257 Å². The zero-order valence-electron chi connectivity index (χ0n) is 22.4. The summed E-state index contributed by atoms with van der Waals surface area (Å²) in [6.45, 7) is 1.85. The van der Waals surface area contributed by atoms with Gasteiger partial charge in [-0.3, -0.25) is 4.79 Å². The molecule has 0 aliphatic heterocycles. The first-order valence-electron chi connectivity index (χ1n) is 13.1. The molecule has 1 amide bonds. The maximum atomic E-state index is 13.0. The van der Waals surface area contributed by atoms with E-state index in [-0.39, 0.29) is 37.1 Å². The number of benzene rings is 4. The number of nitrogens with zero attached hydrogens (tertiary/aromatic N) is 2. The monoisotopic (exact) mass is 610 g/mol. The van der Waals surface area contributed by atoms with Gasteiger partial charge < -0.3 is 20.3 Å². The van der Waals surface area contributed by atoms with Crippen LogP contribution in [0.1, 0.15) is 28.6 Å². The van der Waals surface area contributed by atoms with Crippen molar-refractivity contribution in [2.24, 2.45) is 0 Å². The van der Waals surface area contributed by atoms with Crippen LogP contribution < -0.4 is 10.6 Å². The van der Waals surface area contributed by atoms with Gasteiger partial charge in [-0.25, -0.2) is 4.98 Å². The number of hydrogen-bond donors (Lipinski definition) is 3. The molecule has 0 aliphatic carbocycles. The summed E-state index contributed by atoms with van der Waals surface area (Å²) < 4.78 is 2.09. The van der Waals surface area contributed by atoms with Gasteiger partial charge >= 0.3 is 0 Å². The summed E-state index contributed by atoms with van der Waals surface area (Å²) in [5.41, 5.74) is 5.75. The maximum Gasteiger partial charge on any atom is 0.231 e. The molecule has 0 saturated heterocycles. The van der Waals surface area contributed by atoms with Crippen molar-refractivity contribution < 1.29 is 9.90 Å². The van der Waals surface area contributed by atoms with Crippen LogP contribution in [0.2, 0.25) is 5.02 Å². The van der Waals surface area contributed by atoms with E-state index >= 15 is 0 Å². The van der Waals surface area contributed by atoms with E-state index in [1.165, 1.54) is 0 Å². The van der Waals surface area contributed by atoms with Gasteiger partial charge in [-0.2, -0.15) is 0 Å². The third-order valence-corrected chi connectivity index (χ3v) is 6.91. The number of carbonyl (C=O) groups is 1. The molecule has 3 N–H and O–H groups in total. The highest BCUT2D eigenvalue weighted by Gasteiger charge is 2.15. The molecule has 5 aromatic rings. The molecule has 6 nitrogen and oxygen atoms in total. The standard InChI is InChI=1S/C32H31ClN4O2.2ClH/c33-26-14-10-24(11-15-26)22-37-29-9-5-4-8-28(29)36-31(37)20-32(39)35-27-16-12-23(13-17-27)18-19-34-21-30(38)25-6-2-1-3-7-25;;/h1-17,30,34,38H,18-22H2,(H,35,39);2*1H/t30-;;/m0../s1. The second-order valence-electron chi connectivity index (χ2n) is 9.53. The summed E-state index contributed by atoms with van der Waals surface area (Å²) in [5, 5.41) is 17.3. The number of aliphatic hydroxyl groups is 1. The van der Waals surface area contributed by atoms with Crippen molar-refractivity contribution in [2.75, 3.05) is 18.4 Å². The predicted molar refractivity (Wildman–Crippen MR) is 172 cm³/mol. The van der Waals surface area contributed by atoms with Crippen LogP contribution in [-0.2, 0) is 24.2 Å². The smallest absolute Gasteiger partial charge is 0.231 e. The van der Waals surface area contributed by atoms with Gasteiger partial charge in [-0.1, -0.05) is 78.3 Å². The Morgan fingerprint density at radius 3 is 2.24 bits per heavy atom. The lowest BCUT2D eigenvalue weighted by molar-refractivity contribution is -0.115. The molecular weight excluding hydrogens is 579 g/mol. The number of aliphatic hydroxyl groups excluding tert-OH is 1. The minimum absolute atomic E-state index is 0. The Hall–Kier alpha value is -3.39. The zero-order chi connectivity index (χ0) is 27.0. The van der Waals surface area contributed by atoms with E-state index in [2.05, 4.69) is 15.2 Å². The van der Waals surface area contributed by atoms with E-state index in [0.717, 1.165) is 46.4 Å². The highest BCUT2D eigenvalue weighted by molar-refractivity contribution is 6.30. The van der Waals surface area contributed by atoms with E-state index in [0.29, 0.717) is 23.9 Å². The molecule has 9 heteroatoms. The first-order valence-corrected chi connectivity index (χ1v) is 13.4. The molecule has 41 heavy (non-hydrogen) atoms. The molecule has 0 saturated carbocycles.